The fourth-order valence-electron chi connectivity index (χ4n) is 5.02. The Morgan fingerprint density at radius 2 is 1.64 bits per heavy atom. The van der Waals surface area contributed by atoms with Crippen LogP contribution in [0.3, 0.4) is 0 Å². The van der Waals surface area contributed by atoms with Gasteiger partial charge >= 0.3 is 0 Å². The van der Waals surface area contributed by atoms with Crippen molar-refractivity contribution >= 4 is 15.7 Å². The van der Waals surface area contributed by atoms with Crippen LogP contribution in [-0.2, 0) is 25.8 Å². The Morgan fingerprint density at radius 3 is 2.31 bits per heavy atom. The molecule has 0 aromatic heterocycles. The maximum absolute atomic E-state index is 13.6. The van der Waals surface area contributed by atoms with E-state index in [1.807, 2.05) is 18.2 Å². The van der Waals surface area contributed by atoms with Gasteiger partial charge in [-0.1, -0.05) is 54.6 Å². The maximum atomic E-state index is 13.6. The molecule has 1 heterocycles. The predicted molar refractivity (Wildman–Crippen MR) is 150 cm³/mol. The number of piperidine rings is 1. The fraction of sp³-hybridized carbons (Fsp3) is 0.367. The molecule has 1 aliphatic heterocycles. The van der Waals surface area contributed by atoms with Crippen LogP contribution in [0.4, 0.5) is 0 Å². The lowest BCUT2D eigenvalue weighted by Gasteiger charge is -2.39. The highest BCUT2D eigenvalue weighted by Crippen LogP contribution is 2.36. The largest absolute Gasteiger partial charge is 0.494 e. The topological polar surface area (TPSA) is 105 Å². The van der Waals surface area contributed by atoms with Crippen molar-refractivity contribution in [1.29, 1.82) is 0 Å². The molecule has 1 fully saturated rings. The van der Waals surface area contributed by atoms with Crippen LogP contribution >= 0.6 is 0 Å². The van der Waals surface area contributed by atoms with Gasteiger partial charge in [0.25, 0.3) is 5.91 Å². The minimum Gasteiger partial charge on any atom is -0.494 e. The second kappa shape index (κ2) is 13.2. The number of carbonyl (C=O) groups excluding carboxylic acids is 1. The van der Waals surface area contributed by atoms with Crippen LogP contribution in [0.1, 0.15) is 24.8 Å². The molecule has 1 amide bonds. The number of likely N-dealkylation sites (tertiary alicyclic amines) is 1. The standard InChI is InChI=1S/C30H36N2O6S/c1-37-22-20-32-18-16-30(17-19-32,29(33)31-34)39(35,36)28-14-12-27(13-15-28)38-21-6-8-24-7-5-11-26(23-24)25-9-3-2-4-10-25/h2-5,7,9-15,23,34H,6,8,16-22H2,1H3,(H,31,33). The van der Waals surface area contributed by atoms with E-state index < -0.39 is 20.5 Å². The fourth-order valence-corrected chi connectivity index (χ4v) is 6.98. The van der Waals surface area contributed by atoms with Crippen molar-refractivity contribution in [2.45, 2.75) is 35.3 Å². The van der Waals surface area contributed by atoms with Gasteiger partial charge in [0, 0.05) is 26.7 Å². The molecule has 1 aliphatic rings. The molecule has 1 saturated heterocycles. The average Bonchev–Trinajstić information content (AvgIpc) is 2.99. The van der Waals surface area contributed by atoms with Crippen LogP contribution in [0.5, 0.6) is 5.75 Å². The second-order valence-electron chi connectivity index (χ2n) is 9.76. The molecule has 9 heteroatoms. The van der Waals surface area contributed by atoms with Gasteiger partial charge < -0.3 is 14.4 Å². The van der Waals surface area contributed by atoms with Gasteiger partial charge in [-0.25, -0.2) is 13.9 Å². The van der Waals surface area contributed by atoms with Crippen molar-refractivity contribution < 1.29 is 27.9 Å². The van der Waals surface area contributed by atoms with Gasteiger partial charge in [-0.05, 0) is 66.6 Å². The summed E-state index contributed by atoms with van der Waals surface area (Å²) in [6.45, 7) is 2.47. The SMILES string of the molecule is COCCN1CCC(C(=O)NO)(S(=O)(=O)c2ccc(OCCCc3cccc(-c4ccccc4)c3)cc2)CC1. The lowest BCUT2D eigenvalue weighted by molar-refractivity contribution is -0.133. The summed E-state index contributed by atoms with van der Waals surface area (Å²) >= 11 is 0. The molecule has 0 saturated carbocycles. The number of aryl methyl sites for hydroxylation is 1. The number of carbonyl (C=O) groups is 1. The first-order chi connectivity index (χ1) is 18.9. The first kappa shape index (κ1) is 28.8. The van der Waals surface area contributed by atoms with Crippen LogP contribution in [-0.4, -0.2) is 69.1 Å². The molecule has 39 heavy (non-hydrogen) atoms. The number of hydrogen-bond acceptors (Lipinski definition) is 7. The minimum absolute atomic E-state index is 0.0292. The number of sulfone groups is 1. The van der Waals surface area contributed by atoms with Crippen LogP contribution in [0.15, 0.2) is 83.8 Å². The van der Waals surface area contributed by atoms with Crippen molar-refractivity contribution in [2.24, 2.45) is 0 Å². The molecule has 2 N–H and O–H groups in total. The van der Waals surface area contributed by atoms with Gasteiger partial charge in [0.15, 0.2) is 14.6 Å². The van der Waals surface area contributed by atoms with E-state index in [1.165, 1.54) is 28.8 Å². The third kappa shape index (κ3) is 6.67. The van der Waals surface area contributed by atoms with Gasteiger partial charge in [0.05, 0.1) is 18.1 Å². The summed E-state index contributed by atoms with van der Waals surface area (Å²) in [6.07, 6.45) is 1.81. The van der Waals surface area contributed by atoms with E-state index in [1.54, 1.807) is 24.7 Å². The summed E-state index contributed by atoms with van der Waals surface area (Å²) in [5, 5.41) is 9.37. The van der Waals surface area contributed by atoms with Gasteiger partial charge in [-0.15, -0.1) is 0 Å². The van der Waals surface area contributed by atoms with Crippen molar-refractivity contribution in [3.8, 4) is 16.9 Å². The number of hydroxylamine groups is 1. The Balaban J connectivity index is 1.35. The number of benzene rings is 3. The van der Waals surface area contributed by atoms with Crippen molar-refractivity contribution in [3.05, 3.63) is 84.4 Å². The third-order valence-electron chi connectivity index (χ3n) is 7.35. The highest BCUT2D eigenvalue weighted by molar-refractivity contribution is 7.93. The number of ether oxygens (including phenoxy) is 2. The molecule has 0 unspecified atom stereocenters. The zero-order valence-electron chi connectivity index (χ0n) is 22.2. The monoisotopic (exact) mass is 552 g/mol. The molecule has 8 nitrogen and oxygen atoms in total. The third-order valence-corrected chi connectivity index (χ3v) is 9.87. The normalized spacial score (nSPS) is 15.5. The molecule has 3 aromatic carbocycles. The van der Waals surface area contributed by atoms with Gasteiger partial charge in [-0.2, -0.15) is 0 Å². The van der Waals surface area contributed by atoms with E-state index in [2.05, 4.69) is 41.3 Å². The van der Waals surface area contributed by atoms with E-state index in [0.717, 1.165) is 12.8 Å². The van der Waals surface area contributed by atoms with Crippen molar-refractivity contribution in [2.75, 3.05) is 40.0 Å². The number of nitrogens with zero attached hydrogens (tertiary/aromatic N) is 1. The molecular weight excluding hydrogens is 516 g/mol. The number of nitrogens with one attached hydrogen (secondary N) is 1. The molecule has 3 aromatic rings. The van der Waals surface area contributed by atoms with Crippen LogP contribution < -0.4 is 10.2 Å². The van der Waals surface area contributed by atoms with Crippen molar-refractivity contribution in [3.63, 3.8) is 0 Å². The molecule has 4 rings (SSSR count). The van der Waals surface area contributed by atoms with E-state index in [4.69, 9.17) is 9.47 Å². The molecule has 0 radical (unpaired) electrons. The zero-order chi connectivity index (χ0) is 27.7. The highest BCUT2D eigenvalue weighted by atomic mass is 32.2. The minimum atomic E-state index is -4.07. The molecule has 0 atom stereocenters. The molecule has 0 aliphatic carbocycles. The number of amides is 1. The quantitative estimate of drug-likeness (QED) is 0.198. The molecular formula is C30H36N2O6S. The highest BCUT2D eigenvalue weighted by Gasteiger charge is 2.52. The first-order valence-electron chi connectivity index (χ1n) is 13.2. The zero-order valence-corrected chi connectivity index (χ0v) is 23.0. The van der Waals surface area contributed by atoms with Crippen LogP contribution in [0.25, 0.3) is 11.1 Å². The first-order valence-corrected chi connectivity index (χ1v) is 14.7. The number of methoxy groups -OCH3 is 1. The summed E-state index contributed by atoms with van der Waals surface area (Å²) < 4.78 is 36.5. The number of hydrogen-bond donors (Lipinski definition) is 2. The molecule has 0 spiro atoms. The Labute approximate surface area is 230 Å². The van der Waals surface area contributed by atoms with Crippen LogP contribution in [0, 0.1) is 0 Å². The molecule has 0 bridgehead atoms. The lowest BCUT2D eigenvalue weighted by atomic mass is 9.95. The average molecular weight is 553 g/mol. The predicted octanol–water partition coefficient (Wildman–Crippen LogP) is 4.13. The Morgan fingerprint density at radius 1 is 0.949 bits per heavy atom. The van der Waals surface area contributed by atoms with E-state index in [0.29, 0.717) is 38.6 Å². The lowest BCUT2D eigenvalue weighted by Crippen LogP contribution is -2.57. The Hall–Kier alpha value is -3.24. The second-order valence-corrected chi connectivity index (χ2v) is 12.0. The summed E-state index contributed by atoms with van der Waals surface area (Å²) in [4.78, 5) is 14.8. The van der Waals surface area contributed by atoms with Crippen LogP contribution in [0.2, 0.25) is 0 Å². The van der Waals surface area contributed by atoms with E-state index >= 15 is 0 Å². The van der Waals surface area contributed by atoms with E-state index in [-0.39, 0.29) is 17.7 Å². The summed E-state index contributed by atoms with van der Waals surface area (Å²) in [7, 11) is -2.46. The summed E-state index contributed by atoms with van der Waals surface area (Å²) in [5.41, 5.74) is 5.18. The summed E-state index contributed by atoms with van der Waals surface area (Å²) in [6, 6.07) is 24.9. The van der Waals surface area contributed by atoms with Crippen molar-refractivity contribution in [1.82, 2.24) is 10.4 Å². The Bertz CT molecular complexity index is 1320. The smallest absolute Gasteiger partial charge is 0.265 e. The van der Waals surface area contributed by atoms with Gasteiger partial charge in [0.1, 0.15) is 5.75 Å². The van der Waals surface area contributed by atoms with Gasteiger partial charge in [-0.3, -0.25) is 10.0 Å². The Kier molecular flexibility index (Phi) is 9.74. The molecule has 208 valence electrons. The van der Waals surface area contributed by atoms with Gasteiger partial charge in [0.2, 0.25) is 0 Å². The maximum Gasteiger partial charge on any atom is 0.265 e. The summed E-state index contributed by atoms with van der Waals surface area (Å²) in [5.74, 6) is -0.340. The number of rotatable bonds is 12. The van der Waals surface area contributed by atoms with E-state index in [9.17, 15) is 18.4 Å².